The van der Waals surface area contributed by atoms with E-state index in [1.165, 1.54) is 6.33 Å². The molecule has 1 saturated heterocycles. The second kappa shape index (κ2) is 8.00. The molecule has 0 radical (unpaired) electrons. The highest BCUT2D eigenvalue weighted by Crippen LogP contribution is 2.27. The van der Waals surface area contributed by atoms with E-state index < -0.39 is 10.8 Å². The van der Waals surface area contributed by atoms with Crippen LogP contribution in [0.15, 0.2) is 6.33 Å². The van der Waals surface area contributed by atoms with Crippen LogP contribution in [0.3, 0.4) is 0 Å². The molecule has 8 nitrogen and oxygen atoms in total. The quantitative estimate of drug-likeness (QED) is 0.569. The zero-order valence-electron chi connectivity index (χ0n) is 13.1. The van der Waals surface area contributed by atoms with Gasteiger partial charge in [0.05, 0.1) is 0 Å². The summed E-state index contributed by atoms with van der Waals surface area (Å²) < 4.78 is 11.6. The minimum absolute atomic E-state index is 0.136. The van der Waals surface area contributed by atoms with Gasteiger partial charge in [0.25, 0.3) is 0 Å². The number of aliphatic hydroxyl groups excluding tert-OH is 1. The van der Waals surface area contributed by atoms with Crippen LogP contribution in [0, 0.1) is 0 Å². The summed E-state index contributed by atoms with van der Waals surface area (Å²) in [6.45, 7) is 2.14. The molecule has 1 aliphatic heterocycles. The highest BCUT2D eigenvalue weighted by atomic mass is 35.5. The second-order valence-corrected chi connectivity index (χ2v) is 7.46. The Kier molecular flexibility index (Phi) is 5.75. The average Bonchev–Trinajstić information content (AvgIpc) is 2.59. The summed E-state index contributed by atoms with van der Waals surface area (Å²) in [5.74, 6) is 2.48. The van der Waals surface area contributed by atoms with Crippen molar-refractivity contribution in [3.63, 3.8) is 0 Å². The maximum atomic E-state index is 11.6. The van der Waals surface area contributed by atoms with Crippen molar-refractivity contribution in [2.24, 2.45) is 0 Å². The molecule has 0 amide bonds. The van der Waals surface area contributed by atoms with E-state index in [1.54, 1.807) is 0 Å². The molecule has 3 rings (SSSR count). The molecule has 1 aliphatic rings. The van der Waals surface area contributed by atoms with E-state index in [4.69, 9.17) is 16.7 Å². The molecule has 2 aromatic rings. The van der Waals surface area contributed by atoms with Crippen LogP contribution in [-0.4, -0.2) is 67.0 Å². The van der Waals surface area contributed by atoms with Gasteiger partial charge in [0, 0.05) is 48.5 Å². The number of unbranched alkanes of at least 4 members (excludes halogenated alkanes) is 1. The zero-order valence-corrected chi connectivity index (χ0v) is 14.7. The summed E-state index contributed by atoms with van der Waals surface area (Å²) in [6.07, 6.45) is 3.02. The van der Waals surface area contributed by atoms with E-state index in [-0.39, 0.29) is 11.9 Å². The molecule has 24 heavy (non-hydrogen) atoms. The molecular weight excluding hydrogens is 352 g/mol. The first-order valence-corrected chi connectivity index (χ1v) is 9.68. The fraction of sp³-hybridized carbons (Fsp3) is 0.571. The SMILES string of the molecule is O=S1CCN(c2nc(Cl)nc3c(NCCCCO)ncnc23)CC1. The lowest BCUT2D eigenvalue weighted by atomic mass is 10.3. The highest BCUT2D eigenvalue weighted by molar-refractivity contribution is 7.85. The Morgan fingerprint density at radius 1 is 1.21 bits per heavy atom. The molecule has 0 atom stereocenters. The minimum atomic E-state index is -0.768. The molecule has 1 fully saturated rings. The summed E-state index contributed by atoms with van der Waals surface area (Å²) in [4.78, 5) is 19.2. The maximum absolute atomic E-state index is 11.6. The number of aromatic nitrogens is 4. The van der Waals surface area contributed by atoms with E-state index in [0.717, 1.165) is 12.8 Å². The summed E-state index contributed by atoms with van der Waals surface area (Å²) >= 11 is 6.10. The first kappa shape index (κ1) is 17.2. The number of rotatable bonds is 6. The van der Waals surface area contributed by atoms with Crippen molar-refractivity contribution in [3.8, 4) is 0 Å². The molecule has 130 valence electrons. The summed E-state index contributed by atoms with van der Waals surface area (Å²) in [5, 5.41) is 12.2. The summed E-state index contributed by atoms with van der Waals surface area (Å²) in [7, 11) is -0.768. The molecular formula is C14H19ClN6O2S. The van der Waals surface area contributed by atoms with Gasteiger partial charge in [-0.05, 0) is 24.4 Å². The number of nitrogens with zero attached hydrogens (tertiary/aromatic N) is 5. The smallest absolute Gasteiger partial charge is 0.225 e. The van der Waals surface area contributed by atoms with Crippen molar-refractivity contribution in [2.75, 3.05) is 48.0 Å². The molecule has 0 bridgehead atoms. The maximum Gasteiger partial charge on any atom is 0.225 e. The largest absolute Gasteiger partial charge is 0.396 e. The van der Waals surface area contributed by atoms with Crippen molar-refractivity contribution >= 4 is 45.1 Å². The molecule has 0 saturated carbocycles. The van der Waals surface area contributed by atoms with Crippen LogP contribution in [0.25, 0.3) is 11.0 Å². The van der Waals surface area contributed by atoms with Crippen molar-refractivity contribution in [1.29, 1.82) is 0 Å². The van der Waals surface area contributed by atoms with E-state index in [2.05, 4.69) is 25.3 Å². The molecule has 3 heterocycles. The molecule has 0 aliphatic carbocycles. The Morgan fingerprint density at radius 2 is 2.00 bits per heavy atom. The number of nitrogens with one attached hydrogen (secondary N) is 1. The fourth-order valence-corrected chi connectivity index (χ4v) is 3.77. The van der Waals surface area contributed by atoms with Crippen molar-refractivity contribution in [3.05, 3.63) is 11.6 Å². The molecule has 2 N–H and O–H groups in total. The van der Waals surface area contributed by atoms with Crippen LogP contribution in [0.2, 0.25) is 5.28 Å². The minimum Gasteiger partial charge on any atom is -0.396 e. The van der Waals surface area contributed by atoms with E-state index in [1.807, 2.05) is 4.90 Å². The standard InChI is InChI=1S/C14H19ClN6O2S/c15-14-19-10-11(13(20-14)21-4-7-24(23)8-5-21)17-9-18-12(10)16-3-1-2-6-22/h9,22H,1-8H2,(H,16,17,18). The van der Waals surface area contributed by atoms with E-state index in [0.29, 0.717) is 53.8 Å². The number of aliphatic hydroxyl groups is 1. The van der Waals surface area contributed by atoms with Crippen LogP contribution >= 0.6 is 11.6 Å². The molecule has 10 heteroatoms. The first-order valence-electron chi connectivity index (χ1n) is 7.82. The number of fused-ring (bicyclic) bond motifs is 1. The fourth-order valence-electron chi connectivity index (χ4n) is 2.55. The van der Waals surface area contributed by atoms with Crippen molar-refractivity contribution in [1.82, 2.24) is 19.9 Å². The lowest BCUT2D eigenvalue weighted by molar-refractivity contribution is 0.286. The Balaban J connectivity index is 1.91. The Bertz CT molecular complexity index is 737. The van der Waals surface area contributed by atoms with Crippen LogP contribution in [-0.2, 0) is 10.8 Å². The van der Waals surface area contributed by atoms with Crippen LogP contribution in [0.4, 0.5) is 11.6 Å². The predicted molar refractivity (Wildman–Crippen MR) is 95.0 cm³/mol. The number of halogens is 1. The topological polar surface area (TPSA) is 104 Å². The summed E-state index contributed by atoms with van der Waals surface area (Å²) in [6, 6.07) is 0. The Labute approximate surface area is 147 Å². The molecule has 0 spiro atoms. The normalized spacial score (nSPS) is 15.8. The van der Waals surface area contributed by atoms with Gasteiger partial charge in [0.1, 0.15) is 17.4 Å². The molecule has 2 aromatic heterocycles. The third-order valence-corrected chi connectivity index (χ3v) is 5.24. The van der Waals surface area contributed by atoms with Crippen LogP contribution in [0.1, 0.15) is 12.8 Å². The van der Waals surface area contributed by atoms with Gasteiger partial charge in [-0.25, -0.2) is 15.0 Å². The van der Waals surface area contributed by atoms with Gasteiger partial charge in [-0.2, -0.15) is 4.98 Å². The van der Waals surface area contributed by atoms with Gasteiger partial charge in [-0.15, -0.1) is 0 Å². The van der Waals surface area contributed by atoms with E-state index in [9.17, 15) is 4.21 Å². The van der Waals surface area contributed by atoms with Crippen molar-refractivity contribution < 1.29 is 9.32 Å². The third kappa shape index (κ3) is 3.90. The first-order chi connectivity index (χ1) is 11.7. The van der Waals surface area contributed by atoms with E-state index >= 15 is 0 Å². The number of hydrogen-bond acceptors (Lipinski definition) is 8. The lowest BCUT2D eigenvalue weighted by Crippen LogP contribution is -2.38. The van der Waals surface area contributed by atoms with Gasteiger partial charge in [0.15, 0.2) is 11.6 Å². The average molecular weight is 371 g/mol. The van der Waals surface area contributed by atoms with Gasteiger partial charge in [-0.3, -0.25) is 4.21 Å². The number of anilines is 2. The molecule has 0 unspecified atom stereocenters. The number of hydrogen-bond donors (Lipinski definition) is 2. The van der Waals surface area contributed by atoms with Crippen molar-refractivity contribution in [2.45, 2.75) is 12.8 Å². The second-order valence-electron chi connectivity index (χ2n) is 5.43. The van der Waals surface area contributed by atoms with Crippen LogP contribution < -0.4 is 10.2 Å². The van der Waals surface area contributed by atoms with Crippen LogP contribution in [0.5, 0.6) is 0 Å². The molecule has 0 aromatic carbocycles. The van der Waals surface area contributed by atoms with Gasteiger partial charge in [-0.1, -0.05) is 0 Å². The van der Waals surface area contributed by atoms with Gasteiger partial charge in [0.2, 0.25) is 5.28 Å². The van der Waals surface area contributed by atoms with Gasteiger partial charge >= 0.3 is 0 Å². The van der Waals surface area contributed by atoms with Gasteiger partial charge < -0.3 is 15.3 Å². The monoisotopic (exact) mass is 370 g/mol. The predicted octanol–water partition coefficient (Wildman–Crippen LogP) is 0.826. The third-order valence-electron chi connectivity index (χ3n) is 3.79. The Morgan fingerprint density at radius 3 is 2.75 bits per heavy atom. The summed E-state index contributed by atoms with van der Waals surface area (Å²) in [5.41, 5.74) is 1.20. The highest BCUT2D eigenvalue weighted by Gasteiger charge is 2.21. The lowest BCUT2D eigenvalue weighted by Gasteiger charge is -2.27. The Hall–Kier alpha value is -1.58. The zero-order chi connectivity index (χ0) is 16.9.